The average Bonchev–Trinajstić information content (AvgIpc) is 3.11. The SMILES string of the molecule is COc1ccc(-c2nc3ccccn3c2/N=C/c2cccc([N+](=O)[O-])c2)cc1. The number of nitro benzene ring substituents is 1. The van der Waals surface area contributed by atoms with Crippen molar-refractivity contribution < 1.29 is 9.66 Å². The van der Waals surface area contributed by atoms with Gasteiger partial charge in [0.25, 0.3) is 5.69 Å². The van der Waals surface area contributed by atoms with Crippen LogP contribution < -0.4 is 4.74 Å². The van der Waals surface area contributed by atoms with Crippen molar-refractivity contribution >= 4 is 23.4 Å². The van der Waals surface area contributed by atoms with Crippen molar-refractivity contribution in [3.8, 4) is 17.0 Å². The zero-order valence-electron chi connectivity index (χ0n) is 15.0. The summed E-state index contributed by atoms with van der Waals surface area (Å²) in [6.45, 7) is 0. The molecule has 0 amide bonds. The fraction of sp³-hybridized carbons (Fsp3) is 0.0476. The van der Waals surface area contributed by atoms with Gasteiger partial charge in [-0.2, -0.15) is 0 Å². The molecule has 2 aromatic heterocycles. The molecule has 0 aliphatic carbocycles. The van der Waals surface area contributed by atoms with E-state index in [1.54, 1.807) is 25.5 Å². The maximum atomic E-state index is 11.0. The molecular weight excluding hydrogens is 356 g/mol. The minimum absolute atomic E-state index is 0.0254. The van der Waals surface area contributed by atoms with E-state index in [-0.39, 0.29) is 5.69 Å². The van der Waals surface area contributed by atoms with Crippen LogP contribution in [0.1, 0.15) is 5.56 Å². The molecule has 28 heavy (non-hydrogen) atoms. The van der Waals surface area contributed by atoms with E-state index in [4.69, 9.17) is 9.72 Å². The lowest BCUT2D eigenvalue weighted by molar-refractivity contribution is -0.384. The molecule has 0 bridgehead atoms. The zero-order valence-corrected chi connectivity index (χ0v) is 15.0. The minimum Gasteiger partial charge on any atom is -0.497 e. The molecule has 0 atom stereocenters. The number of rotatable bonds is 5. The van der Waals surface area contributed by atoms with Gasteiger partial charge in [0.15, 0.2) is 5.82 Å². The van der Waals surface area contributed by atoms with E-state index in [1.165, 1.54) is 12.1 Å². The van der Waals surface area contributed by atoms with Crippen molar-refractivity contribution in [3.05, 3.63) is 88.6 Å². The number of nitro groups is 1. The van der Waals surface area contributed by atoms with Crippen molar-refractivity contribution in [3.63, 3.8) is 0 Å². The number of fused-ring (bicyclic) bond motifs is 1. The molecule has 0 radical (unpaired) electrons. The van der Waals surface area contributed by atoms with Gasteiger partial charge in [-0.25, -0.2) is 9.98 Å². The van der Waals surface area contributed by atoms with Crippen molar-refractivity contribution in [2.45, 2.75) is 0 Å². The Hall–Kier alpha value is -4.00. The van der Waals surface area contributed by atoms with Crippen molar-refractivity contribution in [1.82, 2.24) is 9.38 Å². The number of ether oxygens (including phenoxy) is 1. The van der Waals surface area contributed by atoms with Gasteiger partial charge in [0.1, 0.15) is 17.1 Å². The molecule has 7 nitrogen and oxygen atoms in total. The fourth-order valence-corrected chi connectivity index (χ4v) is 2.90. The van der Waals surface area contributed by atoms with Gasteiger partial charge in [-0.1, -0.05) is 18.2 Å². The summed E-state index contributed by atoms with van der Waals surface area (Å²) >= 11 is 0. The van der Waals surface area contributed by atoms with E-state index in [0.717, 1.165) is 22.7 Å². The molecule has 7 heteroatoms. The summed E-state index contributed by atoms with van der Waals surface area (Å²) in [6.07, 6.45) is 3.49. The Morgan fingerprint density at radius 2 is 1.93 bits per heavy atom. The first-order valence-electron chi connectivity index (χ1n) is 8.56. The molecule has 0 aliphatic rings. The molecule has 0 N–H and O–H groups in total. The summed E-state index contributed by atoms with van der Waals surface area (Å²) in [4.78, 5) is 19.9. The van der Waals surface area contributed by atoms with Gasteiger partial charge in [-0.3, -0.25) is 14.5 Å². The predicted molar refractivity (Wildman–Crippen MR) is 108 cm³/mol. The monoisotopic (exact) mass is 372 g/mol. The molecule has 2 aromatic carbocycles. The normalized spacial score (nSPS) is 11.2. The largest absolute Gasteiger partial charge is 0.497 e. The molecule has 4 aromatic rings. The summed E-state index contributed by atoms with van der Waals surface area (Å²) in [6, 6.07) is 19.6. The van der Waals surface area contributed by atoms with Crippen LogP contribution >= 0.6 is 0 Å². The van der Waals surface area contributed by atoms with Crippen LogP contribution in [0.5, 0.6) is 5.75 Å². The maximum absolute atomic E-state index is 11.0. The van der Waals surface area contributed by atoms with Gasteiger partial charge in [-0.05, 0) is 42.0 Å². The van der Waals surface area contributed by atoms with Crippen molar-refractivity contribution in [1.29, 1.82) is 0 Å². The highest BCUT2D eigenvalue weighted by Gasteiger charge is 2.13. The summed E-state index contributed by atoms with van der Waals surface area (Å²) in [5, 5.41) is 11.0. The topological polar surface area (TPSA) is 82.0 Å². The van der Waals surface area contributed by atoms with Crippen molar-refractivity contribution in [2.75, 3.05) is 7.11 Å². The highest BCUT2D eigenvalue weighted by atomic mass is 16.6. The van der Waals surface area contributed by atoms with E-state index < -0.39 is 4.92 Å². The first-order chi connectivity index (χ1) is 13.7. The van der Waals surface area contributed by atoms with E-state index in [1.807, 2.05) is 53.1 Å². The molecular formula is C21H16N4O3. The first kappa shape index (κ1) is 17.4. The Labute approximate surface area is 160 Å². The molecule has 0 spiro atoms. The van der Waals surface area contributed by atoms with E-state index in [9.17, 15) is 10.1 Å². The zero-order chi connectivity index (χ0) is 19.5. The molecule has 2 heterocycles. The van der Waals surface area contributed by atoms with Crippen LogP contribution in [0.3, 0.4) is 0 Å². The van der Waals surface area contributed by atoms with E-state index in [2.05, 4.69) is 4.99 Å². The van der Waals surface area contributed by atoms with Crippen LogP contribution in [-0.4, -0.2) is 27.6 Å². The Morgan fingerprint density at radius 3 is 2.68 bits per heavy atom. The van der Waals surface area contributed by atoms with Gasteiger partial charge >= 0.3 is 0 Å². The number of aromatic nitrogens is 2. The van der Waals surface area contributed by atoms with Gasteiger partial charge in [0.05, 0.1) is 12.0 Å². The molecule has 0 fully saturated rings. The predicted octanol–water partition coefficient (Wildman–Crippen LogP) is 4.67. The van der Waals surface area contributed by atoms with Crippen LogP contribution in [0.4, 0.5) is 11.5 Å². The Balaban J connectivity index is 1.81. The number of hydrogen-bond acceptors (Lipinski definition) is 5. The second-order valence-corrected chi connectivity index (χ2v) is 6.05. The van der Waals surface area contributed by atoms with Gasteiger partial charge in [-0.15, -0.1) is 0 Å². The quantitative estimate of drug-likeness (QED) is 0.290. The van der Waals surface area contributed by atoms with Crippen LogP contribution in [0.25, 0.3) is 16.9 Å². The molecule has 0 aliphatic heterocycles. The highest BCUT2D eigenvalue weighted by molar-refractivity contribution is 5.85. The number of methoxy groups -OCH3 is 1. The van der Waals surface area contributed by atoms with Gasteiger partial charge in [0.2, 0.25) is 0 Å². The fourth-order valence-electron chi connectivity index (χ4n) is 2.90. The number of aliphatic imine (C=N–C) groups is 1. The van der Waals surface area contributed by atoms with E-state index >= 15 is 0 Å². The summed E-state index contributed by atoms with van der Waals surface area (Å²) in [5.74, 6) is 1.40. The van der Waals surface area contributed by atoms with Crippen LogP contribution in [0.15, 0.2) is 77.9 Å². The van der Waals surface area contributed by atoms with Crippen LogP contribution in [0.2, 0.25) is 0 Å². The second kappa shape index (κ2) is 7.32. The Bertz CT molecular complexity index is 1180. The van der Waals surface area contributed by atoms with E-state index in [0.29, 0.717) is 11.4 Å². The minimum atomic E-state index is -0.422. The Morgan fingerprint density at radius 1 is 1.11 bits per heavy atom. The molecule has 138 valence electrons. The average molecular weight is 372 g/mol. The number of nitrogens with zero attached hydrogens (tertiary/aromatic N) is 4. The molecule has 4 rings (SSSR count). The molecule has 0 unspecified atom stereocenters. The number of imidazole rings is 1. The third-order valence-corrected chi connectivity index (χ3v) is 4.29. The number of non-ortho nitro benzene ring substituents is 1. The van der Waals surface area contributed by atoms with Crippen LogP contribution in [-0.2, 0) is 0 Å². The first-order valence-corrected chi connectivity index (χ1v) is 8.56. The third-order valence-electron chi connectivity index (χ3n) is 4.29. The lowest BCUT2D eigenvalue weighted by Crippen LogP contribution is -1.90. The Kier molecular flexibility index (Phi) is 4.55. The number of benzene rings is 2. The van der Waals surface area contributed by atoms with Gasteiger partial charge < -0.3 is 4.74 Å². The number of hydrogen-bond donors (Lipinski definition) is 0. The van der Waals surface area contributed by atoms with Crippen molar-refractivity contribution in [2.24, 2.45) is 4.99 Å². The summed E-state index contributed by atoms with van der Waals surface area (Å²) < 4.78 is 7.10. The third kappa shape index (κ3) is 3.33. The standard InChI is InChI=1S/C21H16N4O3/c1-28-18-10-8-16(9-11-18)20-21(24-12-3-2-7-19(24)23-20)22-14-15-5-4-6-17(13-15)25(26)27/h2-14H,1H3/b22-14+. The maximum Gasteiger partial charge on any atom is 0.270 e. The molecule has 0 saturated carbocycles. The smallest absolute Gasteiger partial charge is 0.270 e. The molecule has 0 saturated heterocycles. The summed E-state index contributed by atoms with van der Waals surface area (Å²) in [5.41, 5.74) is 3.05. The lowest BCUT2D eigenvalue weighted by Gasteiger charge is -2.03. The van der Waals surface area contributed by atoms with Crippen LogP contribution in [0, 0.1) is 10.1 Å². The van der Waals surface area contributed by atoms with Gasteiger partial charge in [0, 0.05) is 30.1 Å². The number of pyridine rings is 1. The lowest BCUT2D eigenvalue weighted by atomic mass is 10.1. The highest BCUT2D eigenvalue weighted by Crippen LogP contribution is 2.32. The second-order valence-electron chi connectivity index (χ2n) is 6.05. The summed E-state index contributed by atoms with van der Waals surface area (Å²) in [7, 11) is 1.62.